The van der Waals surface area contributed by atoms with Crippen molar-refractivity contribution in [1.82, 2.24) is 4.98 Å². The number of pyridine rings is 1. The fourth-order valence-corrected chi connectivity index (χ4v) is 1.81. The molecule has 76 valence electrons. The van der Waals surface area contributed by atoms with Gasteiger partial charge in [0.25, 0.3) is 0 Å². The van der Waals surface area contributed by atoms with E-state index >= 15 is 0 Å². The average Bonchev–Trinajstić information content (AvgIpc) is 2.99. The summed E-state index contributed by atoms with van der Waals surface area (Å²) in [6, 6.07) is 4.12. The van der Waals surface area contributed by atoms with Crippen molar-refractivity contribution in [3.63, 3.8) is 0 Å². The number of halogens is 1. The maximum atomic E-state index is 6.04. The van der Waals surface area contributed by atoms with Crippen LogP contribution >= 0.6 is 15.9 Å². The van der Waals surface area contributed by atoms with Crippen molar-refractivity contribution in [3.8, 4) is 0 Å². The SMILES string of the molecule is NC(CCC1CC1)c1ccc(Br)cn1. The molecular weight excluding hydrogens is 240 g/mol. The van der Waals surface area contributed by atoms with Crippen molar-refractivity contribution in [2.45, 2.75) is 31.7 Å². The first-order chi connectivity index (χ1) is 6.75. The van der Waals surface area contributed by atoms with E-state index in [2.05, 4.69) is 20.9 Å². The van der Waals surface area contributed by atoms with E-state index in [9.17, 15) is 0 Å². The lowest BCUT2D eigenvalue weighted by Crippen LogP contribution is -2.11. The predicted molar refractivity (Wildman–Crippen MR) is 60.8 cm³/mol. The van der Waals surface area contributed by atoms with Crippen molar-refractivity contribution in [2.75, 3.05) is 0 Å². The fourth-order valence-electron chi connectivity index (χ4n) is 1.58. The highest BCUT2D eigenvalue weighted by Crippen LogP contribution is 2.35. The van der Waals surface area contributed by atoms with Gasteiger partial charge in [-0.05, 0) is 46.8 Å². The molecule has 0 amide bonds. The Morgan fingerprint density at radius 1 is 1.50 bits per heavy atom. The molecule has 1 aromatic heterocycles. The van der Waals surface area contributed by atoms with Gasteiger partial charge in [0.2, 0.25) is 0 Å². The fraction of sp³-hybridized carbons (Fsp3) is 0.545. The number of aromatic nitrogens is 1. The summed E-state index contributed by atoms with van der Waals surface area (Å²) in [7, 11) is 0. The first-order valence-corrected chi connectivity index (χ1v) is 5.92. The Kier molecular flexibility index (Phi) is 3.19. The van der Waals surface area contributed by atoms with E-state index in [1.807, 2.05) is 18.3 Å². The van der Waals surface area contributed by atoms with Crippen molar-refractivity contribution in [2.24, 2.45) is 11.7 Å². The largest absolute Gasteiger partial charge is 0.323 e. The lowest BCUT2D eigenvalue weighted by molar-refractivity contribution is 0.565. The summed E-state index contributed by atoms with van der Waals surface area (Å²) >= 11 is 3.36. The zero-order chi connectivity index (χ0) is 9.97. The van der Waals surface area contributed by atoms with Gasteiger partial charge in [-0.25, -0.2) is 0 Å². The quantitative estimate of drug-likeness (QED) is 0.898. The summed E-state index contributed by atoms with van der Waals surface area (Å²) in [6.45, 7) is 0. The summed E-state index contributed by atoms with van der Waals surface area (Å²) < 4.78 is 1.01. The minimum absolute atomic E-state index is 0.115. The number of hydrogen-bond donors (Lipinski definition) is 1. The number of hydrogen-bond acceptors (Lipinski definition) is 2. The minimum Gasteiger partial charge on any atom is -0.323 e. The predicted octanol–water partition coefficient (Wildman–Crippen LogP) is 3.03. The van der Waals surface area contributed by atoms with Gasteiger partial charge in [-0.1, -0.05) is 12.8 Å². The molecule has 14 heavy (non-hydrogen) atoms. The maximum Gasteiger partial charge on any atom is 0.0571 e. The van der Waals surface area contributed by atoms with E-state index in [4.69, 9.17) is 5.73 Å². The summed E-state index contributed by atoms with van der Waals surface area (Å²) in [5, 5.41) is 0. The number of rotatable bonds is 4. The van der Waals surface area contributed by atoms with Gasteiger partial charge in [0, 0.05) is 16.7 Å². The lowest BCUT2D eigenvalue weighted by Gasteiger charge is -2.10. The molecule has 1 aliphatic rings. The Morgan fingerprint density at radius 3 is 2.86 bits per heavy atom. The van der Waals surface area contributed by atoms with Crippen molar-refractivity contribution < 1.29 is 0 Å². The van der Waals surface area contributed by atoms with Crippen LogP contribution in [0.2, 0.25) is 0 Å². The molecule has 1 unspecified atom stereocenters. The highest BCUT2D eigenvalue weighted by Gasteiger charge is 2.22. The van der Waals surface area contributed by atoms with Crippen LogP contribution in [0, 0.1) is 5.92 Å². The molecule has 0 radical (unpaired) electrons. The normalized spacial score (nSPS) is 18.1. The highest BCUT2D eigenvalue weighted by molar-refractivity contribution is 9.10. The zero-order valence-corrected chi connectivity index (χ0v) is 9.70. The standard InChI is InChI=1S/C11H15BrN2/c12-9-4-6-11(14-7-9)10(13)5-3-8-1-2-8/h4,6-8,10H,1-3,5,13H2. The molecule has 1 saturated carbocycles. The van der Waals surface area contributed by atoms with E-state index in [-0.39, 0.29) is 6.04 Å². The third-order valence-corrected chi connectivity index (χ3v) is 3.18. The molecule has 0 saturated heterocycles. The Bertz CT molecular complexity index is 293. The van der Waals surface area contributed by atoms with Gasteiger partial charge >= 0.3 is 0 Å². The summed E-state index contributed by atoms with van der Waals surface area (Å²) in [4.78, 5) is 4.30. The van der Waals surface area contributed by atoms with Crippen LogP contribution in [0.15, 0.2) is 22.8 Å². The van der Waals surface area contributed by atoms with E-state index in [0.717, 1.165) is 22.5 Å². The van der Waals surface area contributed by atoms with Crippen molar-refractivity contribution in [1.29, 1.82) is 0 Å². The first kappa shape index (κ1) is 10.1. The molecule has 0 bridgehead atoms. The zero-order valence-electron chi connectivity index (χ0n) is 8.12. The van der Waals surface area contributed by atoms with Gasteiger partial charge in [0.15, 0.2) is 0 Å². The second-order valence-corrected chi connectivity index (χ2v) is 4.94. The molecule has 2 N–H and O–H groups in total. The van der Waals surface area contributed by atoms with E-state index in [0.29, 0.717) is 0 Å². The second kappa shape index (κ2) is 4.41. The van der Waals surface area contributed by atoms with Crippen LogP contribution in [0.1, 0.15) is 37.4 Å². The van der Waals surface area contributed by atoms with Crippen molar-refractivity contribution >= 4 is 15.9 Å². The minimum atomic E-state index is 0.115. The highest BCUT2D eigenvalue weighted by atomic mass is 79.9. The van der Waals surface area contributed by atoms with Crippen LogP contribution in [0.25, 0.3) is 0 Å². The molecule has 0 aliphatic heterocycles. The van der Waals surface area contributed by atoms with Crippen LogP contribution in [0.3, 0.4) is 0 Å². The summed E-state index contributed by atoms with van der Waals surface area (Å²) in [5.74, 6) is 0.955. The van der Waals surface area contributed by atoms with E-state index in [1.165, 1.54) is 19.3 Å². The third kappa shape index (κ3) is 2.79. The number of nitrogens with two attached hydrogens (primary N) is 1. The maximum absolute atomic E-state index is 6.04. The smallest absolute Gasteiger partial charge is 0.0571 e. The lowest BCUT2D eigenvalue weighted by atomic mass is 10.1. The van der Waals surface area contributed by atoms with Crippen LogP contribution in [-0.2, 0) is 0 Å². The first-order valence-electron chi connectivity index (χ1n) is 5.13. The van der Waals surface area contributed by atoms with Crippen molar-refractivity contribution in [3.05, 3.63) is 28.5 Å². The van der Waals surface area contributed by atoms with E-state index < -0.39 is 0 Å². The molecule has 0 spiro atoms. The van der Waals surface area contributed by atoms with Gasteiger partial charge < -0.3 is 5.73 Å². The second-order valence-electron chi connectivity index (χ2n) is 4.03. The Labute approximate surface area is 93.0 Å². The molecule has 3 heteroatoms. The van der Waals surface area contributed by atoms with Gasteiger partial charge in [-0.15, -0.1) is 0 Å². The Balaban J connectivity index is 1.88. The summed E-state index contributed by atoms with van der Waals surface area (Å²) in [6.07, 6.45) is 6.95. The molecule has 0 aromatic carbocycles. The Morgan fingerprint density at radius 2 is 2.29 bits per heavy atom. The van der Waals surface area contributed by atoms with Crippen LogP contribution in [0.5, 0.6) is 0 Å². The molecule has 1 fully saturated rings. The Hall–Kier alpha value is -0.410. The molecule has 1 aromatic rings. The van der Waals surface area contributed by atoms with Crippen LogP contribution in [0.4, 0.5) is 0 Å². The van der Waals surface area contributed by atoms with Gasteiger partial charge in [0.05, 0.1) is 5.69 Å². The van der Waals surface area contributed by atoms with Gasteiger partial charge in [-0.3, -0.25) is 4.98 Å². The van der Waals surface area contributed by atoms with Crippen LogP contribution < -0.4 is 5.73 Å². The monoisotopic (exact) mass is 254 g/mol. The third-order valence-electron chi connectivity index (χ3n) is 2.71. The van der Waals surface area contributed by atoms with E-state index in [1.54, 1.807) is 0 Å². The molecule has 1 aliphatic carbocycles. The summed E-state index contributed by atoms with van der Waals surface area (Å²) in [5.41, 5.74) is 7.05. The van der Waals surface area contributed by atoms with Crippen LogP contribution in [-0.4, -0.2) is 4.98 Å². The van der Waals surface area contributed by atoms with Gasteiger partial charge in [-0.2, -0.15) is 0 Å². The topological polar surface area (TPSA) is 38.9 Å². The molecular formula is C11H15BrN2. The van der Waals surface area contributed by atoms with Gasteiger partial charge in [0.1, 0.15) is 0 Å². The molecule has 2 rings (SSSR count). The average molecular weight is 255 g/mol. The molecule has 1 heterocycles. The molecule has 1 atom stereocenters. The number of nitrogens with zero attached hydrogens (tertiary/aromatic N) is 1. The molecule has 2 nitrogen and oxygen atoms in total.